The van der Waals surface area contributed by atoms with Gasteiger partial charge in [-0.25, -0.2) is 4.98 Å². The van der Waals surface area contributed by atoms with Crippen LogP contribution < -0.4 is 5.32 Å². The van der Waals surface area contributed by atoms with Gasteiger partial charge in [0.25, 0.3) is 5.91 Å². The number of hydrogen-bond acceptors (Lipinski definition) is 3. The van der Waals surface area contributed by atoms with Gasteiger partial charge in [-0.15, -0.1) is 11.3 Å². The number of anilines is 1. The molecule has 88 valence electrons. The van der Waals surface area contributed by atoms with E-state index in [9.17, 15) is 4.79 Å². The molecule has 1 aromatic heterocycles. The summed E-state index contributed by atoms with van der Waals surface area (Å²) in [6.07, 6.45) is 0. The summed E-state index contributed by atoms with van der Waals surface area (Å²) in [6.45, 7) is 1.84. The molecule has 1 amide bonds. The number of para-hydroxylation sites is 1. The molecule has 2 rings (SSSR count). The molecule has 0 saturated carbocycles. The van der Waals surface area contributed by atoms with Crippen LogP contribution in [0.15, 0.2) is 23.6 Å². The molecule has 0 spiro atoms. The topological polar surface area (TPSA) is 42.0 Å². The zero-order valence-electron chi connectivity index (χ0n) is 8.83. The zero-order chi connectivity index (χ0) is 12.4. The van der Waals surface area contributed by atoms with E-state index >= 15 is 0 Å². The van der Waals surface area contributed by atoms with Gasteiger partial charge in [0.15, 0.2) is 0 Å². The van der Waals surface area contributed by atoms with Crippen LogP contribution in [-0.4, -0.2) is 10.9 Å². The lowest BCUT2D eigenvalue weighted by Gasteiger charge is -2.07. The van der Waals surface area contributed by atoms with Crippen molar-refractivity contribution in [2.75, 3.05) is 5.32 Å². The van der Waals surface area contributed by atoms with Gasteiger partial charge in [-0.3, -0.25) is 4.79 Å². The predicted octanol–water partition coefficient (Wildman–Crippen LogP) is 4.01. The van der Waals surface area contributed by atoms with Gasteiger partial charge in [0.1, 0.15) is 5.69 Å². The Hall–Kier alpha value is -1.10. The Labute approximate surface area is 112 Å². The monoisotopic (exact) mass is 286 g/mol. The van der Waals surface area contributed by atoms with Crippen LogP contribution in [0, 0.1) is 6.92 Å². The SMILES string of the molecule is Cc1nc(C(=O)Nc2c(Cl)cccc2Cl)cs1. The Bertz CT molecular complexity index is 548. The summed E-state index contributed by atoms with van der Waals surface area (Å²) < 4.78 is 0. The van der Waals surface area contributed by atoms with Crippen molar-refractivity contribution in [1.29, 1.82) is 0 Å². The van der Waals surface area contributed by atoms with Gasteiger partial charge < -0.3 is 5.32 Å². The van der Waals surface area contributed by atoms with E-state index in [4.69, 9.17) is 23.2 Å². The molecule has 3 nitrogen and oxygen atoms in total. The number of nitrogens with one attached hydrogen (secondary N) is 1. The lowest BCUT2D eigenvalue weighted by atomic mass is 10.3. The fraction of sp³-hybridized carbons (Fsp3) is 0.0909. The third-order valence-corrected chi connectivity index (χ3v) is 3.46. The van der Waals surface area contributed by atoms with E-state index in [0.717, 1.165) is 5.01 Å². The predicted molar refractivity (Wildman–Crippen MR) is 71.3 cm³/mol. The number of aromatic nitrogens is 1. The maximum Gasteiger partial charge on any atom is 0.275 e. The Kier molecular flexibility index (Phi) is 3.66. The van der Waals surface area contributed by atoms with Crippen molar-refractivity contribution in [3.8, 4) is 0 Å². The molecular formula is C11H8Cl2N2OS. The maximum absolute atomic E-state index is 11.8. The lowest BCUT2D eigenvalue weighted by molar-refractivity contribution is 0.102. The Morgan fingerprint density at radius 3 is 2.53 bits per heavy atom. The van der Waals surface area contributed by atoms with Gasteiger partial charge in [0.05, 0.1) is 20.7 Å². The van der Waals surface area contributed by atoms with Crippen LogP contribution in [0.2, 0.25) is 10.0 Å². The highest BCUT2D eigenvalue weighted by Crippen LogP contribution is 2.30. The highest BCUT2D eigenvalue weighted by atomic mass is 35.5. The average Bonchev–Trinajstić information content (AvgIpc) is 2.70. The van der Waals surface area contributed by atoms with Crippen LogP contribution >= 0.6 is 34.5 Å². The van der Waals surface area contributed by atoms with Crippen molar-refractivity contribution in [3.05, 3.63) is 44.3 Å². The molecule has 1 aromatic carbocycles. The largest absolute Gasteiger partial charge is 0.318 e. The molecule has 1 N–H and O–H groups in total. The normalized spacial score (nSPS) is 10.3. The minimum atomic E-state index is -0.315. The standard InChI is InChI=1S/C11H8Cl2N2OS/c1-6-14-9(5-17-6)11(16)15-10-7(12)3-2-4-8(10)13/h2-5H,1H3,(H,15,16). The highest BCUT2D eigenvalue weighted by molar-refractivity contribution is 7.09. The van der Waals surface area contributed by atoms with Gasteiger partial charge in [-0.2, -0.15) is 0 Å². The molecule has 1 heterocycles. The van der Waals surface area contributed by atoms with Gasteiger partial charge in [-0.1, -0.05) is 29.3 Å². The van der Waals surface area contributed by atoms with Gasteiger partial charge in [0.2, 0.25) is 0 Å². The summed E-state index contributed by atoms with van der Waals surface area (Å²) in [6, 6.07) is 5.04. The molecule has 0 saturated heterocycles. The van der Waals surface area contributed by atoms with E-state index in [-0.39, 0.29) is 5.91 Å². The molecule has 0 radical (unpaired) electrons. The maximum atomic E-state index is 11.8. The van der Waals surface area contributed by atoms with Crippen LogP contribution in [0.5, 0.6) is 0 Å². The van der Waals surface area contributed by atoms with E-state index in [1.807, 2.05) is 6.92 Å². The zero-order valence-corrected chi connectivity index (χ0v) is 11.2. The number of aryl methyl sites for hydroxylation is 1. The molecule has 6 heteroatoms. The summed E-state index contributed by atoms with van der Waals surface area (Å²) in [5, 5.41) is 5.97. The first kappa shape index (κ1) is 12.4. The number of rotatable bonds is 2. The first-order valence-electron chi connectivity index (χ1n) is 4.75. The summed E-state index contributed by atoms with van der Waals surface area (Å²) in [5.74, 6) is -0.315. The fourth-order valence-corrected chi connectivity index (χ4v) is 2.35. The van der Waals surface area contributed by atoms with Crippen LogP contribution in [0.3, 0.4) is 0 Å². The molecule has 0 bridgehead atoms. The molecule has 2 aromatic rings. The van der Waals surface area contributed by atoms with Crippen molar-refractivity contribution in [1.82, 2.24) is 4.98 Å². The van der Waals surface area contributed by atoms with E-state index < -0.39 is 0 Å². The second-order valence-corrected chi connectivity index (χ2v) is 5.18. The molecule has 0 fully saturated rings. The Morgan fingerprint density at radius 1 is 1.35 bits per heavy atom. The van der Waals surface area contributed by atoms with Crippen LogP contribution in [0.25, 0.3) is 0 Å². The molecule has 0 aliphatic carbocycles. The summed E-state index contributed by atoms with van der Waals surface area (Å²) in [7, 11) is 0. The minimum Gasteiger partial charge on any atom is -0.318 e. The molecule has 0 aliphatic rings. The minimum absolute atomic E-state index is 0.315. The van der Waals surface area contributed by atoms with Crippen LogP contribution in [0.4, 0.5) is 5.69 Å². The second kappa shape index (κ2) is 5.04. The van der Waals surface area contributed by atoms with Crippen LogP contribution in [-0.2, 0) is 0 Å². The molecule has 0 aliphatic heterocycles. The summed E-state index contributed by atoms with van der Waals surface area (Å²) >= 11 is 13.3. The Morgan fingerprint density at radius 2 is 2.00 bits per heavy atom. The number of carbonyl (C=O) groups is 1. The summed E-state index contributed by atoms with van der Waals surface area (Å²) in [5.41, 5.74) is 0.773. The number of nitrogens with zero attached hydrogens (tertiary/aromatic N) is 1. The van der Waals surface area contributed by atoms with Gasteiger partial charge in [-0.05, 0) is 19.1 Å². The third-order valence-electron chi connectivity index (χ3n) is 2.05. The molecule has 0 atom stereocenters. The first-order valence-corrected chi connectivity index (χ1v) is 6.39. The van der Waals surface area contributed by atoms with Gasteiger partial charge >= 0.3 is 0 Å². The second-order valence-electron chi connectivity index (χ2n) is 3.30. The fourth-order valence-electron chi connectivity index (χ4n) is 1.26. The van der Waals surface area contributed by atoms with Crippen molar-refractivity contribution in [2.24, 2.45) is 0 Å². The first-order chi connectivity index (χ1) is 8.08. The number of thiazole rings is 1. The van der Waals surface area contributed by atoms with Crippen molar-refractivity contribution in [3.63, 3.8) is 0 Å². The number of carbonyl (C=O) groups excluding carboxylic acids is 1. The lowest BCUT2D eigenvalue weighted by Crippen LogP contribution is -2.13. The van der Waals surface area contributed by atoms with E-state index in [0.29, 0.717) is 21.4 Å². The number of hydrogen-bond donors (Lipinski definition) is 1. The van der Waals surface area contributed by atoms with Crippen LogP contribution in [0.1, 0.15) is 15.5 Å². The summed E-state index contributed by atoms with van der Waals surface area (Å²) in [4.78, 5) is 15.9. The number of benzene rings is 1. The third kappa shape index (κ3) is 2.77. The Balaban J connectivity index is 2.24. The average molecular weight is 287 g/mol. The van der Waals surface area contributed by atoms with Gasteiger partial charge in [0, 0.05) is 5.38 Å². The van der Waals surface area contributed by atoms with E-state index in [1.54, 1.807) is 23.6 Å². The highest BCUT2D eigenvalue weighted by Gasteiger charge is 2.13. The smallest absolute Gasteiger partial charge is 0.275 e. The number of halogens is 2. The van der Waals surface area contributed by atoms with Crippen molar-refractivity contribution < 1.29 is 4.79 Å². The number of amides is 1. The quantitative estimate of drug-likeness (QED) is 0.906. The molecule has 0 unspecified atom stereocenters. The molecular weight excluding hydrogens is 279 g/mol. The molecule has 17 heavy (non-hydrogen) atoms. The van der Waals surface area contributed by atoms with E-state index in [2.05, 4.69) is 10.3 Å². The van der Waals surface area contributed by atoms with E-state index in [1.165, 1.54) is 11.3 Å². The van der Waals surface area contributed by atoms with Crippen molar-refractivity contribution in [2.45, 2.75) is 6.92 Å². The van der Waals surface area contributed by atoms with Crippen molar-refractivity contribution >= 4 is 46.1 Å².